The Morgan fingerprint density at radius 3 is 2.45 bits per heavy atom. The Hall–Kier alpha value is -1.96. The van der Waals surface area contributed by atoms with Gasteiger partial charge in [0.15, 0.2) is 6.33 Å². The predicted molar refractivity (Wildman–Crippen MR) is 65.9 cm³/mol. The van der Waals surface area contributed by atoms with Crippen molar-refractivity contribution in [3.8, 4) is 0 Å². The lowest BCUT2D eigenvalue weighted by Gasteiger charge is -2.16. The van der Waals surface area contributed by atoms with Gasteiger partial charge in [0.25, 0.3) is 0 Å². The van der Waals surface area contributed by atoms with Gasteiger partial charge in [-0.3, -0.25) is 0 Å². The van der Waals surface area contributed by atoms with Gasteiger partial charge < -0.3 is 5.32 Å². The number of aromatic nitrogens is 4. The van der Waals surface area contributed by atoms with Gasteiger partial charge in [-0.05, 0) is 42.9 Å². The molecule has 20 heavy (non-hydrogen) atoms. The minimum absolute atomic E-state index is 0.243. The number of alkyl halides is 3. The molecule has 0 spiro atoms. The zero-order chi connectivity index (χ0) is 14.6. The third kappa shape index (κ3) is 3.32. The van der Waals surface area contributed by atoms with Crippen LogP contribution in [0.15, 0.2) is 30.6 Å². The van der Waals surface area contributed by atoms with E-state index >= 15 is 0 Å². The highest BCUT2D eigenvalue weighted by Crippen LogP contribution is 2.30. The van der Waals surface area contributed by atoms with Crippen LogP contribution in [0.1, 0.15) is 23.6 Å². The Balaban J connectivity index is 2.25. The van der Waals surface area contributed by atoms with E-state index in [-0.39, 0.29) is 6.04 Å². The van der Waals surface area contributed by atoms with Crippen molar-refractivity contribution < 1.29 is 13.2 Å². The predicted octanol–water partition coefficient (Wildman–Crippen LogP) is 1.89. The quantitative estimate of drug-likeness (QED) is 0.911. The van der Waals surface area contributed by atoms with Crippen LogP contribution in [0.5, 0.6) is 0 Å². The molecule has 0 aliphatic carbocycles. The van der Waals surface area contributed by atoms with Gasteiger partial charge in [0.1, 0.15) is 0 Å². The average molecular weight is 285 g/mol. The fourth-order valence-corrected chi connectivity index (χ4v) is 1.91. The average Bonchev–Trinajstić information content (AvgIpc) is 2.93. The minimum atomic E-state index is -4.33. The van der Waals surface area contributed by atoms with E-state index in [2.05, 4.69) is 20.7 Å². The summed E-state index contributed by atoms with van der Waals surface area (Å²) in [6.45, 7) is 0.688. The van der Waals surface area contributed by atoms with Crippen molar-refractivity contribution in [2.45, 2.75) is 18.6 Å². The van der Waals surface area contributed by atoms with Gasteiger partial charge in [0.05, 0.1) is 11.6 Å². The summed E-state index contributed by atoms with van der Waals surface area (Å²) in [6.07, 6.45) is -2.38. The Bertz CT molecular complexity index is 521. The third-order valence-electron chi connectivity index (χ3n) is 2.93. The Morgan fingerprint density at radius 2 is 1.95 bits per heavy atom. The molecule has 1 unspecified atom stereocenters. The third-order valence-corrected chi connectivity index (χ3v) is 2.93. The van der Waals surface area contributed by atoms with Crippen LogP contribution in [-0.2, 0) is 6.18 Å². The van der Waals surface area contributed by atoms with Gasteiger partial charge in [-0.1, -0.05) is 12.1 Å². The molecule has 0 aliphatic rings. The summed E-state index contributed by atoms with van der Waals surface area (Å²) in [5, 5.41) is 14.4. The Kier molecular flexibility index (Phi) is 4.33. The molecule has 1 aromatic heterocycles. The molecule has 2 rings (SSSR count). The zero-order valence-corrected chi connectivity index (χ0v) is 10.8. The smallest absolute Gasteiger partial charge is 0.320 e. The van der Waals surface area contributed by atoms with Crippen molar-refractivity contribution in [1.29, 1.82) is 0 Å². The zero-order valence-electron chi connectivity index (χ0n) is 10.8. The Labute approximate surface area is 113 Å². The Morgan fingerprint density at radius 1 is 1.25 bits per heavy atom. The SMILES string of the molecule is CNCCC(c1ccc(C(F)(F)F)cc1)n1ncnn1. The van der Waals surface area contributed by atoms with Crippen molar-refractivity contribution in [2.75, 3.05) is 13.6 Å². The lowest BCUT2D eigenvalue weighted by molar-refractivity contribution is -0.137. The number of tetrazole rings is 1. The number of halogens is 3. The summed E-state index contributed by atoms with van der Waals surface area (Å²) >= 11 is 0. The first-order valence-electron chi connectivity index (χ1n) is 6.06. The molecule has 1 N–H and O–H groups in total. The van der Waals surface area contributed by atoms with Gasteiger partial charge in [-0.15, -0.1) is 10.2 Å². The van der Waals surface area contributed by atoms with Gasteiger partial charge >= 0.3 is 6.18 Å². The van der Waals surface area contributed by atoms with Crippen LogP contribution in [0.3, 0.4) is 0 Å². The summed E-state index contributed by atoms with van der Waals surface area (Å²) < 4.78 is 37.6. The lowest BCUT2D eigenvalue weighted by atomic mass is 10.0. The van der Waals surface area contributed by atoms with E-state index in [1.54, 1.807) is 7.05 Å². The van der Waals surface area contributed by atoms with Crippen LogP contribution in [0.4, 0.5) is 13.2 Å². The number of nitrogens with zero attached hydrogens (tertiary/aromatic N) is 4. The van der Waals surface area contributed by atoms with E-state index in [1.165, 1.54) is 23.3 Å². The molecule has 108 valence electrons. The standard InChI is InChI=1S/C12H14F3N5/c1-16-7-6-11(20-18-8-17-19-20)9-2-4-10(5-3-9)12(13,14)15/h2-5,8,11,16H,6-7H2,1H3. The van der Waals surface area contributed by atoms with Crippen LogP contribution >= 0.6 is 0 Å². The molecular weight excluding hydrogens is 271 g/mol. The normalized spacial score (nSPS) is 13.4. The maximum atomic E-state index is 12.5. The molecule has 0 saturated carbocycles. The van der Waals surface area contributed by atoms with E-state index in [0.717, 1.165) is 12.1 Å². The maximum absolute atomic E-state index is 12.5. The summed E-state index contributed by atoms with van der Waals surface area (Å²) in [5.41, 5.74) is 0.0476. The topological polar surface area (TPSA) is 55.6 Å². The number of hydrogen-bond acceptors (Lipinski definition) is 4. The second kappa shape index (κ2) is 6.00. The highest BCUT2D eigenvalue weighted by Gasteiger charge is 2.30. The van der Waals surface area contributed by atoms with Crippen LogP contribution in [0.25, 0.3) is 0 Å². The van der Waals surface area contributed by atoms with Gasteiger partial charge in [-0.2, -0.15) is 18.0 Å². The van der Waals surface area contributed by atoms with Crippen molar-refractivity contribution in [3.63, 3.8) is 0 Å². The van der Waals surface area contributed by atoms with E-state index in [4.69, 9.17) is 0 Å². The molecule has 1 aromatic carbocycles. The molecule has 5 nitrogen and oxygen atoms in total. The second-order valence-corrected chi connectivity index (χ2v) is 4.28. The van der Waals surface area contributed by atoms with Gasteiger partial charge in [-0.25, -0.2) is 0 Å². The van der Waals surface area contributed by atoms with Crippen molar-refractivity contribution in [2.24, 2.45) is 0 Å². The first kappa shape index (κ1) is 14.4. The highest BCUT2D eigenvalue weighted by molar-refractivity contribution is 5.26. The van der Waals surface area contributed by atoms with Crippen LogP contribution < -0.4 is 5.32 Å². The first-order chi connectivity index (χ1) is 9.52. The molecular formula is C12H14F3N5. The minimum Gasteiger partial charge on any atom is -0.320 e. The molecule has 0 bridgehead atoms. The highest BCUT2D eigenvalue weighted by atomic mass is 19.4. The molecule has 1 atom stereocenters. The number of benzene rings is 1. The molecule has 0 saturated heterocycles. The van der Waals surface area contributed by atoms with Crippen molar-refractivity contribution >= 4 is 0 Å². The van der Waals surface area contributed by atoms with Gasteiger partial charge in [0.2, 0.25) is 0 Å². The van der Waals surface area contributed by atoms with Crippen LogP contribution in [0, 0.1) is 0 Å². The van der Waals surface area contributed by atoms with Crippen molar-refractivity contribution in [1.82, 2.24) is 25.5 Å². The largest absolute Gasteiger partial charge is 0.416 e. The van der Waals surface area contributed by atoms with Gasteiger partial charge in [0, 0.05) is 0 Å². The second-order valence-electron chi connectivity index (χ2n) is 4.28. The van der Waals surface area contributed by atoms with E-state index in [9.17, 15) is 13.2 Å². The van der Waals surface area contributed by atoms with E-state index < -0.39 is 11.7 Å². The van der Waals surface area contributed by atoms with E-state index in [1.807, 2.05) is 0 Å². The molecule has 1 heterocycles. The first-order valence-corrected chi connectivity index (χ1v) is 6.06. The summed E-state index contributed by atoms with van der Waals surface area (Å²) in [7, 11) is 1.80. The molecule has 0 fully saturated rings. The fourth-order valence-electron chi connectivity index (χ4n) is 1.91. The molecule has 0 aliphatic heterocycles. The number of rotatable bonds is 5. The summed E-state index contributed by atoms with van der Waals surface area (Å²) in [6, 6.07) is 4.79. The molecule has 8 heteroatoms. The number of hydrogen-bond donors (Lipinski definition) is 1. The monoisotopic (exact) mass is 285 g/mol. The molecule has 0 amide bonds. The van der Waals surface area contributed by atoms with Crippen LogP contribution in [0.2, 0.25) is 0 Å². The summed E-state index contributed by atoms with van der Waals surface area (Å²) in [4.78, 5) is 1.40. The lowest BCUT2D eigenvalue weighted by Crippen LogP contribution is -2.20. The van der Waals surface area contributed by atoms with Crippen molar-refractivity contribution in [3.05, 3.63) is 41.7 Å². The molecule has 2 aromatic rings. The van der Waals surface area contributed by atoms with Crippen LogP contribution in [-0.4, -0.2) is 33.8 Å². The van der Waals surface area contributed by atoms with E-state index in [0.29, 0.717) is 18.5 Å². The summed E-state index contributed by atoms with van der Waals surface area (Å²) in [5.74, 6) is 0. The molecule has 0 radical (unpaired) electrons. The number of nitrogens with one attached hydrogen (secondary N) is 1. The fraction of sp³-hybridized carbons (Fsp3) is 0.417. The maximum Gasteiger partial charge on any atom is 0.416 e.